The summed E-state index contributed by atoms with van der Waals surface area (Å²) in [4.78, 5) is 2.50. The molecule has 1 saturated heterocycles. The number of hydrogen-bond donors (Lipinski definition) is 2. The molecule has 1 aliphatic rings. The number of nitrogens with one attached hydrogen (secondary N) is 1. The molecule has 0 saturated carbocycles. The van der Waals surface area contributed by atoms with Gasteiger partial charge in [0.1, 0.15) is 0 Å². The zero-order valence-corrected chi connectivity index (χ0v) is 13.5. The quantitative estimate of drug-likeness (QED) is 0.825. The first-order chi connectivity index (χ1) is 8.06. The Morgan fingerprint density at radius 1 is 1.32 bits per heavy atom. The number of halogens is 2. The monoisotopic (exact) mass is 305 g/mol. The number of nitrogens with two attached hydrogens (primary N) is 1. The maximum absolute atomic E-state index is 6.02. The van der Waals surface area contributed by atoms with Crippen molar-refractivity contribution in [2.24, 2.45) is 0 Å². The molecule has 0 bridgehead atoms. The number of nitrogen functional groups attached to an aromatic ring is 1. The highest BCUT2D eigenvalue weighted by Crippen LogP contribution is 2.20. The second kappa shape index (κ2) is 7.95. The number of aryl methyl sites for hydroxylation is 1. The lowest BCUT2D eigenvalue weighted by Gasteiger charge is -2.32. The van der Waals surface area contributed by atoms with Gasteiger partial charge in [0, 0.05) is 37.9 Å². The van der Waals surface area contributed by atoms with Gasteiger partial charge in [-0.05, 0) is 43.5 Å². The average molecular weight is 306 g/mol. The van der Waals surface area contributed by atoms with E-state index in [-0.39, 0.29) is 24.8 Å². The van der Waals surface area contributed by atoms with Crippen LogP contribution in [0.1, 0.15) is 23.6 Å². The van der Waals surface area contributed by atoms with Gasteiger partial charge in [-0.1, -0.05) is 6.07 Å². The Kier molecular flexibility index (Phi) is 7.75. The Hall–Kier alpha value is -0.480. The van der Waals surface area contributed by atoms with Crippen LogP contribution in [0.4, 0.5) is 5.69 Å². The smallest absolute Gasteiger partial charge is 0.0349 e. The van der Waals surface area contributed by atoms with Gasteiger partial charge in [-0.2, -0.15) is 0 Å². The molecule has 0 aliphatic carbocycles. The molecule has 0 amide bonds. The fourth-order valence-corrected chi connectivity index (χ4v) is 2.52. The summed E-state index contributed by atoms with van der Waals surface area (Å²) in [6.45, 7) is 10.8. The average Bonchev–Trinajstić information content (AvgIpc) is 2.25. The molecular weight excluding hydrogens is 281 g/mol. The molecule has 19 heavy (non-hydrogen) atoms. The minimum absolute atomic E-state index is 0. The van der Waals surface area contributed by atoms with Crippen LogP contribution in [0, 0.1) is 13.8 Å². The van der Waals surface area contributed by atoms with Crippen LogP contribution in [-0.2, 0) is 6.54 Å². The van der Waals surface area contributed by atoms with E-state index < -0.39 is 0 Å². The predicted octanol–water partition coefficient (Wildman–Crippen LogP) is 2.52. The Bertz CT molecular complexity index is 410. The van der Waals surface area contributed by atoms with E-state index in [2.05, 4.69) is 43.1 Å². The third kappa shape index (κ3) is 4.84. The van der Waals surface area contributed by atoms with Crippen molar-refractivity contribution in [2.45, 2.75) is 33.4 Å². The second-order valence-corrected chi connectivity index (χ2v) is 5.23. The van der Waals surface area contributed by atoms with E-state index in [1.54, 1.807) is 0 Å². The largest absolute Gasteiger partial charge is 0.398 e. The zero-order valence-electron chi connectivity index (χ0n) is 11.9. The molecule has 0 unspecified atom stereocenters. The highest BCUT2D eigenvalue weighted by atomic mass is 35.5. The van der Waals surface area contributed by atoms with Gasteiger partial charge in [0.25, 0.3) is 0 Å². The Balaban J connectivity index is 0.00000162. The van der Waals surface area contributed by atoms with Crippen LogP contribution in [0.5, 0.6) is 0 Å². The van der Waals surface area contributed by atoms with Gasteiger partial charge in [-0.3, -0.25) is 4.90 Å². The third-order valence-electron chi connectivity index (χ3n) is 3.55. The summed E-state index contributed by atoms with van der Waals surface area (Å²) >= 11 is 0. The van der Waals surface area contributed by atoms with Crippen molar-refractivity contribution in [3.8, 4) is 0 Å². The molecule has 5 heteroatoms. The molecular formula is C14H25Cl2N3. The van der Waals surface area contributed by atoms with Crippen LogP contribution < -0.4 is 11.1 Å². The number of piperazine rings is 1. The molecule has 0 aromatic heterocycles. The summed E-state index contributed by atoms with van der Waals surface area (Å²) in [5, 5.41) is 3.47. The predicted molar refractivity (Wildman–Crippen MR) is 87.6 cm³/mol. The fourth-order valence-electron chi connectivity index (χ4n) is 2.52. The van der Waals surface area contributed by atoms with Crippen LogP contribution in [-0.4, -0.2) is 30.6 Å². The van der Waals surface area contributed by atoms with Gasteiger partial charge in [0.05, 0.1) is 0 Å². The Morgan fingerprint density at radius 3 is 2.63 bits per heavy atom. The number of anilines is 1. The van der Waals surface area contributed by atoms with Crippen molar-refractivity contribution in [2.75, 3.05) is 25.4 Å². The van der Waals surface area contributed by atoms with E-state index in [1.807, 2.05) is 0 Å². The van der Waals surface area contributed by atoms with Gasteiger partial charge in [-0.15, -0.1) is 24.8 Å². The Morgan fingerprint density at radius 2 is 2.00 bits per heavy atom. The molecule has 3 nitrogen and oxygen atoms in total. The van der Waals surface area contributed by atoms with E-state index in [9.17, 15) is 0 Å². The van der Waals surface area contributed by atoms with E-state index in [4.69, 9.17) is 5.73 Å². The topological polar surface area (TPSA) is 41.3 Å². The summed E-state index contributed by atoms with van der Waals surface area (Å²) in [6.07, 6.45) is 0. The lowest BCUT2D eigenvalue weighted by Crippen LogP contribution is -2.48. The van der Waals surface area contributed by atoms with Gasteiger partial charge in [0.2, 0.25) is 0 Å². The van der Waals surface area contributed by atoms with Crippen LogP contribution in [0.2, 0.25) is 0 Å². The van der Waals surface area contributed by atoms with Crippen LogP contribution in [0.3, 0.4) is 0 Å². The lowest BCUT2D eigenvalue weighted by molar-refractivity contribution is 0.199. The van der Waals surface area contributed by atoms with Crippen molar-refractivity contribution in [1.82, 2.24) is 10.2 Å². The van der Waals surface area contributed by atoms with Crippen molar-refractivity contribution < 1.29 is 0 Å². The first-order valence-electron chi connectivity index (χ1n) is 6.37. The lowest BCUT2D eigenvalue weighted by atomic mass is 10.0. The minimum atomic E-state index is 0. The highest BCUT2D eigenvalue weighted by Gasteiger charge is 2.16. The first-order valence-corrected chi connectivity index (χ1v) is 6.37. The molecule has 2 rings (SSSR count). The molecule has 1 fully saturated rings. The molecule has 0 spiro atoms. The third-order valence-corrected chi connectivity index (χ3v) is 3.55. The maximum atomic E-state index is 6.02. The summed E-state index contributed by atoms with van der Waals surface area (Å²) < 4.78 is 0. The maximum Gasteiger partial charge on any atom is 0.0349 e. The molecule has 1 aromatic carbocycles. The van der Waals surface area contributed by atoms with Crippen LogP contribution >= 0.6 is 24.8 Å². The van der Waals surface area contributed by atoms with Crippen molar-refractivity contribution in [3.63, 3.8) is 0 Å². The molecule has 1 aromatic rings. The number of nitrogens with zero attached hydrogens (tertiary/aromatic N) is 1. The normalized spacial score (nSPS) is 19.4. The summed E-state index contributed by atoms with van der Waals surface area (Å²) in [5.74, 6) is 0. The molecule has 110 valence electrons. The summed E-state index contributed by atoms with van der Waals surface area (Å²) in [6, 6.07) is 4.91. The number of hydrogen-bond acceptors (Lipinski definition) is 3. The van der Waals surface area contributed by atoms with Crippen LogP contribution in [0.25, 0.3) is 0 Å². The Labute approximate surface area is 128 Å². The summed E-state index contributed by atoms with van der Waals surface area (Å²) in [7, 11) is 0. The van der Waals surface area contributed by atoms with Crippen molar-refractivity contribution in [3.05, 3.63) is 28.8 Å². The molecule has 1 atom stereocenters. The number of rotatable bonds is 2. The van der Waals surface area contributed by atoms with E-state index in [1.165, 1.54) is 16.7 Å². The van der Waals surface area contributed by atoms with Gasteiger partial charge >= 0.3 is 0 Å². The summed E-state index contributed by atoms with van der Waals surface area (Å²) in [5.41, 5.74) is 10.8. The van der Waals surface area contributed by atoms with Crippen molar-refractivity contribution >= 4 is 30.5 Å². The molecule has 0 radical (unpaired) electrons. The minimum Gasteiger partial charge on any atom is -0.398 e. The first kappa shape index (κ1) is 18.5. The van der Waals surface area contributed by atoms with E-state index in [0.29, 0.717) is 6.04 Å². The zero-order chi connectivity index (χ0) is 12.4. The number of benzene rings is 1. The molecule has 3 N–H and O–H groups in total. The second-order valence-electron chi connectivity index (χ2n) is 5.23. The molecule has 1 heterocycles. The van der Waals surface area contributed by atoms with Crippen LogP contribution in [0.15, 0.2) is 12.1 Å². The van der Waals surface area contributed by atoms with Crippen molar-refractivity contribution in [1.29, 1.82) is 0 Å². The fraction of sp³-hybridized carbons (Fsp3) is 0.571. The standard InChI is InChI=1S/C14H23N3.2ClH/c1-10-6-13(12(3)14(15)7-10)9-17-5-4-16-11(2)8-17;;/h6-7,11,16H,4-5,8-9,15H2,1-3H3;2*1H/t11-;;/m0../s1. The SMILES string of the molecule is Cc1cc(N)c(C)c(CN2CCN[C@@H](C)C2)c1.Cl.Cl. The van der Waals surface area contributed by atoms with Gasteiger partial charge in [0.15, 0.2) is 0 Å². The van der Waals surface area contributed by atoms with E-state index >= 15 is 0 Å². The van der Waals surface area contributed by atoms with Gasteiger partial charge < -0.3 is 11.1 Å². The van der Waals surface area contributed by atoms with Gasteiger partial charge in [-0.25, -0.2) is 0 Å². The van der Waals surface area contributed by atoms with E-state index in [0.717, 1.165) is 31.9 Å². The molecule has 1 aliphatic heterocycles. The highest BCUT2D eigenvalue weighted by molar-refractivity contribution is 5.85.